The van der Waals surface area contributed by atoms with Gasteiger partial charge in [0, 0.05) is 0 Å². The molecule has 2 nitrogen and oxygen atoms in total. The zero-order valence-corrected chi connectivity index (χ0v) is 11.7. The van der Waals surface area contributed by atoms with Crippen LogP contribution in [0.4, 0.5) is 4.39 Å². The van der Waals surface area contributed by atoms with E-state index in [-0.39, 0.29) is 16.5 Å². The molecule has 0 atom stereocenters. The fraction of sp³-hybridized carbons (Fsp3) is 0.200. The summed E-state index contributed by atoms with van der Waals surface area (Å²) in [4.78, 5) is 0.274. The zero-order chi connectivity index (χ0) is 14.0. The van der Waals surface area contributed by atoms with E-state index >= 15 is 0 Å². The van der Waals surface area contributed by atoms with Crippen LogP contribution in [0.2, 0.25) is 0 Å². The minimum atomic E-state index is -3.25. The van der Waals surface area contributed by atoms with Crippen molar-refractivity contribution < 1.29 is 12.8 Å². The van der Waals surface area contributed by atoms with Gasteiger partial charge in [0.05, 0.1) is 10.6 Å². The fourth-order valence-corrected chi connectivity index (χ4v) is 2.85. The molecule has 0 fully saturated rings. The first-order valence-electron chi connectivity index (χ1n) is 6.03. The molecule has 0 amide bonds. The van der Waals surface area contributed by atoms with Crippen molar-refractivity contribution in [2.24, 2.45) is 0 Å². The van der Waals surface area contributed by atoms with Crippen molar-refractivity contribution in [2.75, 3.05) is 5.75 Å². The Bertz CT molecular complexity index is 706. The highest BCUT2D eigenvalue weighted by molar-refractivity contribution is 7.91. The second-order valence-electron chi connectivity index (χ2n) is 4.39. The maximum atomic E-state index is 13.3. The highest BCUT2D eigenvalue weighted by Crippen LogP contribution is 2.26. The monoisotopic (exact) mass is 278 g/mol. The third-order valence-electron chi connectivity index (χ3n) is 3.08. The number of hydrogen-bond donors (Lipinski definition) is 0. The first-order chi connectivity index (χ1) is 8.94. The van der Waals surface area contributed by atoms with Gasteiger partial charge in [0.2, 0.25) is 0 Å². The van der Waals surface area contributed by atoms with Crippen molar-refractivity contribution in [1.82, 2.24) is 0 Å². The van der Waals surface area contributed by atoms with Gasteiger partial charge in [-0.3, -0.25) is 0 Å². The second-order valence-corrected chi connectivity index (χ2v) is 6.67. The summed E-state index contributed by atoms with van der Waals surface area (Å²) < 4.78 is 37.0. The summed E-state index contributed by atoms with van der Waals surface area (Å²) >= 11 is 0. The number of halogens is 1. The quantitative estimate of drug-likeness (QED) is 0.859. The molecule has 19 heavy (non-hydrogen) atoms. The maximum Gasteiger partial charge on any atom is 0.178 e. The number of benzene rings is 2. The van der Waals surface area contributed by atoms with Crippen LogP contribution in [0, 0.1) is 12.7 Å². The van der Waals surface area contributed by atoms with Gasteiger partial charge in [-0.1, -0.05) is 25.1 Å². The zero-order valence-electron chi connectivity index (χ0n) is 10.9. The molecule has 100 valence electrons. The van der Waals surface area contributed by atoms with E-state index in [1.165, 1.54) is 12.1 Å². The Hall–Kier alpha value is -1.68. The van der Waals surface area contributed by atoms with Gasteiger partial charge in [-0.2, -0.15) is 0 Å². The van der Waals surface area contributed by atoms with Crippen LogP contribution in [0.25, 0.3) is 11.1 Å². The van der Waals surface area contributed by atoms with Crippen molar-refractivity contribution in [1.29, 1.82) is 0 Å². The van der Waals surface area contributed by atoms with E-state index in [1.54, 1.807) is 37.3 Å². The van der Waals surface area contributed by atoms with Gasteiger partial charge in [-0.05, 0) is 47.9 Å². The Morgan fingerprint density at radius 1 is 1.11 bits per heavy atom. The third-order valence-corrected chi connectivity index (χ3v) is 4.82. The van der Waals surface area contributed by atoms with Crippen LogP contribution >= 0.6 is 0 Å². The van der Waals surface area contributed by atoms with Crippen LogP contribution in [0.1, 0.15) is 12.5 Å². The van der Waals surface area contributed by atoms with Gasteiger partial charge in [0.15, 0.2) is 9.84 Å². The Morgan fingerprint density at radius 2 is 1.84 bits per heavy atom. The summed E-state index contributed by atoms with van der Waals surface area (Å²) in [5.41, 5.74) is 2.34. The smallest absolute Gasteiger partial charge is 0.178 e. The highest BCUT2D eigenvalue weighted by Gasteiger charge is 2.13. The minimum Gasteiger partial charge on any atom is -0.224 e. The van der Waals surface area contributed by atoms with E-state index < -0.39 is 9.84 Å². The molecular weight excluding hydrogens is 263 g/mol. The Kier molecular flexibility index (Phi) is 3.71. The molecule has 2 aromatic rings. The second kappa shape index (κ2) is 5.13. The largest absolute Gasteiger partial charge is 0.224 e. The van der Waals surface area contributed by atoms with E-state index in [0.29, 0.717) is 11.1 Å². The SMILES string of the molecule is CCS(=O)(=O)c1cccc(-c2cc(F)ccc2C)c1. The van der Waals surface area contributed by atoms with Crippen molar-refractivity contribution in [3.8, 4) is 11.1 Å². The van der Waals surface area contributed by atoms with Crippen molar-refractivity contribution in [2.45, 2.75) is 18.7 Å². The molecule has 0 aliphatic heterocycles. The number of aryl methyl sites for hydroxylation is 1. The number of hydrogen-bond acceptors (Lipinski definition) is 2. The summed E-state index contributed by atoms with van der Waals surface area (Å²) in [6.07, 6.45) is 0. The van der Waals surface area contributed by atoms with Crippen LogP contribution in [0.15, 0.2) is 47.4 Å². The molecule has 0 saturated heterocycles. The van der Waals surface area contributed by atoms with E-state index in [1.807, 2.05) is 6.92 Å². The lowest BCUT2D eigenvalue weighted by Gasteiger charge is -2.08. The summed E-state index contributed by atoms with van der Waals surface area (Å²) in [5.74, 6) is -0.275. The lowest BCUT2D eigenvalue weighted by Crippen LogP contribution is -2.03. The third kappa shape index (κ3) is 2.84. The van der Waals surface area contributed by atoms with Crippen molar-refractivity contribution >= 4 is 9.84 Å². The normalized spacial score (nSPS) is 11.5. The lowest BCUT2D eigenvalue weighted by atomic mass is 10.0. The molecule has 4 heteroatoms. The fourth-order valence-electron chi connectivity index (χ4n) is 1.93. The van der Waals surface area contributed by atoms with E-state index in [4.69, 9.17) is 0 Å². The first kappa shape index (κ1) is 13.7. The van der Waals surface area contributed by atoms with Crippen molar-refractivity contribution in [3.63, 3.8) is 0 Å². The molecule has 0 unspecified atom stereocenters. The van der Waals surface area contributed by atoms with E-state index in [2.05, 4.69) is 0 Å². The standard InChI is InChI=1S/C15H15FO2S/c1-3-19(17,18)14-6-4-5-12(9-14)15-10-13(16)8-7-11(15)2/h4-10H,3H2,1-2H3. The van der Waals surface area contributed by atoms with Gasteiger partial charge in [0.25, 0.3) is 0 Å². The minimum absolute atomic E-state index is 0.0542. The molecule has 0 radical (unpaired) electrons. The van der Waals surface area contributed by atoms with E-state index in [9.17, 15) is 12.8 Å². The van der Waals surface area contributed by atoms with Gasteiger partial charge in [-0.15, -0.1) is 0 Å². The maximum absolute atomic E-state index is 13.3. The first-order valence-corrected chi connectivity index (χ1v) is 7.68. The number of sulfone groups is 1. The summed E-state index contributed by atoms with van der Waals surface area (Å²) in [7, 11) is -3.25. The molecule has 0 aromatic heterocycles. The molecule has 0 bridgehead atoms. The summed E-state index contributed by atoms with van der Waals surface area (Å²) in [6, 6.07) is 11.1. The molecule has 2 rings (SSSR count). The van der Waals surface area contributed by atoms with Gasteiger partial charge < -0.3 is 0 Å². The molecule has 0 aliphatic rings. The molecule has 0 saturated carbocycles. The molecule has 0 aliphatic carbocycles. The molecule has 0 heterocycles. The molecule has 0 N–H and O–H groups in total. The highest BCUT2D eigenvalue weighted by atomic mass is 32.2. The Balaban J connectivity index is 2.59. The predicted octanol–water partition coefficient (Wildman–Crippen LogP) is 3.59. The molecular formula is C15H15FO2S. The van der Waals surface area contributed by atoms with Crippen LogP contribution < -0.4 is 0 Å². The Morgan fingerprint density at radius 3 is 2.53 bits per heavy atom. The topological polar surface area (TPSA) is 34.1 Å². The lowest BCUT2D eigenvalue weighted by molar-refractivity contribution is 0.597. The van der Waals surface area contributed by atoms with Crippen LogP contribution in [0.5, 0.6) is 0 Å². The average molecular weight is 278 g/mol. The summed E-state index contributed by atoms with van der Waals surface area (Å²) in [5, 5.41) is 0. The Labute approximate surface area is 112 Å². The predicted molar refractivity (Wildman–Crippen MR) is 74.3 cm³/mol. The van der Waals surface area contributed by atoms with Crippen molar-refractivity contribution in [3.05, 3.63) is 53.8 Å². The number of rotatable bonds is 3. The molecule has 0 spiro atoms. The van der Waals surface area contributed by atoms with Crippen LogP contribution in [-0.4, -0.2) is 14.2 Å². The molecule has 2 aromatic carbocycles. The van der Waals surface area contributed by atoms with E-state index in [0.717, 1.165) is 5.56 Å². The average Bonchev–Trinajstić information content (AvgIpc) is 2.41. The van der Waals surface area contributed by atoms with Crippen LogP contribution in [-0.2, 0) is 9.84 Å². The summed E-state index contributed by atoms with van der Waals surface area (Å²) in [6.45, 7) is 3.48. The van der Waals surface area contributed by atoms with Gasteiger partial charge in [0.1, 0.15) is 5.82 Å². The van der Waals surface area contributed by atoms with Crippen LogP contribution in [0.3, 0.4) is 0 Å². The van der Waals surface area contributed by atoms with Gasteiger partial charge in [-0.25, -0.2) is 12.8 Å². The van der Waals surface area contributed by atoms with Gasteiger partial charge >= 0.3 is 0 Å².